The Hall–Kier alpha value is -3.73. The average Bonchev–Trinajstić information content (AvgIpc) is 3.38. The highest BCUT2D eigenvalue weighted by Crippen LogP contribution is 2.38. The fourth-order valence-electron chi connectivity index (χ4n) is 4.57. The lowest BCUT2D eigenvalue weighted by Gasteiger charge is -2.26. The monoisotopic (exact) mass is 643 g/mol. The fraction of sp³-hybridized carbons (Fsp3) is 0.276. The number of hydrogen-bond donors (Lipinski definition) is 2. The average molecular weight is 644 g/mol. The van der Waals surface area contributed by atoms with Crippen molar-refractivity contribution >= 4 is 27.1 Å². The molecule has 2 atom stereocenters. The molecule has 4 rings (SSSR count). The van der Waals surface area contributed by atoms with Gasteiger partial charge < -0.3 is 15.4 Å². The Kier molecular flexibility index (Phi) is 9.63. The van der Waals surface area contributed by atoms with Crippen molar-refractivity contribution in [1.82, 2.24) is 5.32 Å². The molecule has 0 aromatic heterocycles. The van der Waals surface area contributed by atoms with Crippen LogP contribution in [-0.2, 0) is 33.5 Å². The number of halogens is 7. The van der Waals surface area contributed by atoms with E-state index in [4.69, 9.17) is 16.3 Å². The maximum atomic E-state index is 13.5. The number of ether oxygens (including phenoxy) is 1. The Balaban J connectivity index is 1.78. The van der Waals surface area contributed by atoms with Gasteiger partial charge in [-0.1, -0.05) is 41.9 Å². The van der Waals surface area contributed by atoms with Crippen molar-refractivity contribution in [2.45, 2.75) is 55.3 Å². The van der Waals surface area contributed by atoms with E-state index in [0.29, 0.717) is 31.4 Å². The Bertz CT molecular complexity index is 1590. The number of sulfone groups is 1. The highest BCUT2D eigenvalue weighted by atomic mass is 35.5. The summed E-state index contributed by atoms with van der Waals surface area (Å²) in [6, 6.07) is 15.6. The summed E-state index contributed by atoms with van der Waals surface area (Å²) in [5, 5.41) is 15.4. The summed E-state index contributed by atoms with van der Waals surface area (Å²) in [7, 11) is -4.63. The predicted octanol–water partition coefficient (Wildman–Crippen LogP) is 7.68. The number of rotatable bonds is 9. The molecule has 43 heavy (non-hydrogen) atoms. The Morgan fingerprint density at radius 1 is 0.930 bits per heavy atom. The van der Waals surface area contributed by atoms with Gasteiger partial charge in [-0.3, -0.25) is 0 Å². The van der Waals surface area contributed by atoms with Crippen LogP contribution in [0.25, 0.3) is 0 Å². The van der Waals surface area contributed by atoms with E-state index in [2.05, 4.69) is 10.6 Å². The molecule has 14 heteroatoms. The topological polar surface area (TPSA) is 91.2 Å². The van der Waals surface area contributed by atoms with E-state index in [1.165, 1.54) is 12.1 Å². The molecule has 0 heterocycles. The van der Waals surface area contributed by atoms with Gasteiger partial charge in [-0.25, -0.2) is 8.42 Å². The summed E-state index contributed by atoms with van der Waals surface area (Å²) >= 11 is 5.86. The summed E-state index contributed by atoms with van der Waals surface area (Å²) in [5.41, 5.74) is -3.11. The zero-order chi connectivity index (χ0) is 31.4. The summed E-state index contributed by atoms with van der Waals surface area (Å²) < 4.78 is 114. The standard InChI is InChI=1S/C29H24ClF6N3O3S/c30-21-9-11-23(12-10-21)43(40,41)26(16-37)27(38-22-14-19(28(31,32)33)13-20(15-22)29(34,35)36)39-24-7-4-8-25(24)42-17-18-5-2-1-3-6-18/h1-3,5-6,9-15,24-25,38-39H,4,7-8,17H2/t24-,25-/m0/s1. The van der Waals surface area contributed by atoms with Crippen LogP contribution in [0.5, 0.6) is 0 Å². The lowest BCUT2D eigenvalue weighted by Crippen LogP contribution is -2.39. The second-order valence-corrected chi connectivity index (χ2v) is 12.0. The van der Waals surface area contributed by atoms with Gasteiger partial charge in [-0.05, 0) is 67.3 Å². The minimum atomic E-state index is -5.15. The van der Waals surface area contributed by atoms with Crippen LogP contribution in [0, 0.1) is 11.3 Å². The molecular formula is C29H24ClF6N3O3S. The number of nitriles is 1. The first kappa shape index (κ1) is 32.2. The van der Waals surface area contributed by atoms with E-state index in [1.54, 1.807) is 6.07 Å². The second-order valence-electron chi connectivity index (χ2n) is 9.71. The molecule has 3 aromatic carbocycles. The number of alkyl halides is 6. The summed E-state index contributed by atoms with van der Waals surface area (Å²) in [6.07, 6.45) is -9.24. The van der Waals surface area contributed by atoms with Crippen molar-refractivity contribution in [3.63, 3.8) is 0 Å². The zero-order valence-electron chi connectivity index (χ0n) is 22.1. The Labute approximate surface area is 248 Å². The molecule has 1 aliphatic rings. The molecule has 0 bridgehead atoms. The van der Waals surface area contributed by atoms with Gasteiger partial charge in [0.05, 0.1) is 34.8 Å². The maximum Gasteiger partial charge on any atom is 0.416 e. The van der Waals surface area contributed by atoms with Gasteiger partial charge >= 0.3 is 12.4 Å². The van der Waals surface area contributed by atoms with Crippen molar-refractivity contribution in [2.75, 3.05) is 5.32 Å². The smallest absolute Gasteiger partial charge is 0.371 e. The third-order valence-corrected chi connectivity index (χ3v) is 8.65. The lowest BCUT2D eigenvalue weighted by atomic mass is 10.1. The molecule has 6 nitrogen and oxygen atoms in total. The minimum Gasteiger partial charge on any atom is -0.371 e. The van der Waals surface area contributed by atoms with Gasteiger partial charge in [0.25, 0.3) is 0 Å². The first-order valence-corrected chi connectivity index (χ1v) is 14.7. The third-order valence-electron chi connectivity index (χ3n) is 6.67. The van der Waals surface area contributed by atoms with E-state index in [-0.39, 0.29) is 22.6 Å². The molecule has 1 aliphatic carbocycles. The van der Waals surface area contributed by atoms with Crippen molar-refractivity contribution in [1.29, 1.82) is 5.26 Å². The van der Waals surface area contributed by atoms with Crippen LogP contribution in [0.1, 0.15) is 36.0 Å². The summed E-state index contributed by atoms with van der Waals surface area (Å²) in [6.45, 7) is 0.201. The predicted molar refractivity (Wildman–Crippen MR) is 147 cm³/mol. The Morgan fingerprint density at radius 3 is 2.09 bits per heavy atom. The van der Waals surface area contributed by atoms with Crippen LogP contribution in [0.2, 0.25) is 5.02 Å². The van der Waals surface area contributed by atoms with E-state index in [0.717, 1.165) is 17.7 Å². The van der Waals surface area contributed by atoms with E-state index < -0.39 is 61.9 Å². The van der Waals surface area contributed by atoms with Gasteiger partial charge in [0.15, 0.2) is 4.91 Å². The minimum absolute atomic E-state index is 0.0535. The fourth-order valence-corrected chi connectivity index (χ4v) is 5.92. The zero-order valence-corrected chi connectivity index (χ0v) is 23.7. The highest BCUT2D eigenvalue weighted by molar-refractivity contribution is 7.95. The molecule has 0 saturated heterocycles. The SMILES string of the molecule is N#CC(=C(Nc1cc(C(F)(F)F)cc(C(F)(F)F)c1)N[C@H]1CCC[C@@H]1OCc1ccccc1)S(=O)(=O)c1ccc(Cl)cc1. The van der Waals surface area contributed by atoms with Gasteiger partial charge in [0.2, 0.25) is 9.84 Å². The molecule has 1 fully saturated rings. The van der Waals surface area contributed by atoms with Gasteiger partial charge in [-0.15, -0.1) is 0 Å². The molecule has 0 unspecified atom stereocenters. The molecule has 2 N–H and O–H groups in total. The normalized spacial score (nSPS) is 18.1. The number of nitrogens with zero attached hydrogens (tertiary/aromatic N) is 1. The number of nitrogens with one attached hydrogen (secondary N) is 2. The summed E-state index contributed by atoms with van der Waals surface area (Å²) in [4.78, 5) is -1.31. The van der Waals surface area contributed by atoms with Crippen molar-refractivity contribution in [2.24, 2.45) is 0 Å². The maximum absolute atomic E-state index is 13.5. The lowest BCUT2D eigenvalue weighted by molar-refractivity contribution is -0.143. The van der Waals surface area contributed by atoms with E-state index in [9.17, 15) is 40.0 Å². The molecule has 1 saturated carbocycles. The van der Waals surface area contributed by atoms with Gasteiger partial charge in [-0.2, -0.15) is 31.6 Å². The quantitative estimate of drug-likeness (QED) is 0.184. The highest BCUT2D eigenvalue weighted by Gasteiger charge is 2.38. The first-order chi connectivity index (χ1) is 20.2. The van der Waals surface area contributed by atoms with E-state index in [1.807, 2.05) is 30.3 Å². The number of hydrogen-bond acceptors (Lipinski definition) is 6. The van der Waals surface area contributed by atoms with Crippen molar-refractivity contribution in [3.8, 4) is 6.07 Å². The molecule has 0 radical (unpaired) electrons. The van der Waals surface area contributed by atoms with Crippen molar-refractivity contribution in [3.05, 3.63) is 105 Å². The van der Waals surface area contributed by atoms with Crippen LogP contribution in [-0.4, -0.2) is 20.6 Å². The van der Waals surface area contributed by atoms with Crippen LogP contribution in [0.3, 0.4) is 0 Å². The van der Waals surface area contributed by atoms with Crippen LogP contribution in [0.15, 0.2) is 88.4 Å². The summed E-state index contributed by atoms with van der Waals surface area (Å²) in [5.74, 6) is -0.592. The van der Waals surface area contributed by atoms with Crippen LogP contribution >= 0.6 is 11.6 Å². The van der Waals surface area contributed by atoms with Crippen LogP contribution in [0.4, 0.5) is 32.0 Å². The van der Waals surface area contributed by atoms with Crippen molar-refractivity contribution < 1.29 is 39.5 Å². The molecule has 228 valence electrons. The Morgan fingerprint density at radius 2 is 1.53 bits per heavy atom. The number of benzene rings is 3. The molecular weight excluding hydrogens is 620 g/mol. The molecule has 0 spiro atoms. The number of anilines is 1. The third kappa shape index (κ3) is 8.01. The van der Waals surface area contributed by atoms with E-state index >= 15 is 0 Å². The molecule has 0 amide bonds. The largest absolute Gasteiger partial charge is 0.416 e. The molecule has 3 aromatic rings. The number of allylic oxidation sites excluding steroid dienone is 1. The van der Waals surface area contributed by atoms with Gasteiger partial charge in [0.1, 0.15) is 11.9 Å². The van der Waals surface area contributed by atoms with Crippen LogP contribution < -0.4 is 10.6 Å². The van der Waals surface area contributed by atoms with Gasteiger partial charge in [0, 0.05) is 10.7 Å². The first-order valence-electron chi connectivity index (χ1n) is 12.8. The molecule has 0 aliphatic heterocycles. The second kappa shape index (κ2) is 12.9.